The summed E-state index contributed by atoms with van der Waals surface area (Å²) in [5.74, 6) is 0.0175. The first-order valence-corrected chi connectivity index (χ1v) is 9.98. The second-order valence-electron chi connectivity index (χ2n) is 7.79. The van der Waals surface area contributed by atoms with E-state index < -0.39 is 11.8 Å². The van der Waals surface area contributed by atoms with Crippen molar-refractivity contribution in [1.29, 1.82) is 0 Å². The van der Waals surface area contributed by atoms with Gasteiger partial charge in [-0.25, -0.2) is 0 Å². The van der Waals surface area contributed by atoms with Crippen LogP contribution in [0.2, 0.25) is 0 Å². The minimum atomic E-state index is -0.578. The molecule has 0 unspecified atom stereocenters. The molecule has 0 radical (unpaired) electrons. The summed E-state index contributed by atoms with van der Waals surface area (Å²) in [6, 6.07) is 0.804. The molecule has 3 fully saturated rings. The highest BCUT2D eigenvalue weighted by Crippen LogP contribution is 2.46. The molecule has 1 saturated carbocycles. The van der Waals surface area contributed by atoms with Gasteiger partial charge in [-0.2, -0.15) is 4.39 Å². The summed E-state index contributed by atoms with van der Waals surface area (Å²) >= 11 is 0. The predicted molar refractivity (Wildman–Crippen MR) is 91.9 cm³/mol. The lowest BCUT2D eigenvalue weighted by molar-refractivity contribution is -0.249. The van der Waals surface area contributed by atoms with Crippen LogP contribution in [0, 0.1) is 12.9 Å². The van der Waals surface area contributed by atoms with Crippen LogP contribution in [-0.2, 0) is 25.6 Å². The van der Waals surface area contributed by atoms with Crippen LogP contribution in [0.5, 0.6) is 0 Å². The molecule has 1 spiro atoms. The topological polar surface area (TPSA) is 50.1 Å². The van der Waals surface area contributed by atoms with E-state index in [0.717, 1.165) is 50.5 Å². The summed E-state index contributed by atoms with van der Waals surface area (Å²) in [6.07, 6.45) is 7.47. The van der Waals surface area contributed by atoms with Gasteiger partial charge in [0.2, 0.25) is 0 Å². The van der Waals surface area contributed by atoms with E-state index in [1.165, 1.54) is 12.5 Å². The van der Waals surface area contributed by atoms with Crippen molar-refractivity contribution in [2.75, 3.05) is 0 Å². The second kappa shape index (κ2) is 7.58. The fourth-order valence-corrected chi connectivity index (χ4v) is 4.36. The van der Waals surface area contributed by atoms with Crippen molar-refractivity contribution < 1.29 is 27.8 Å². The zero-order valence-corrected chi connectivity index (χ0v) is 15.7. The van der Waals surface area contributed by atoms with E-state index in [1.807, 2.05) is 6.92 Å². The Morgan fingerprint density at radius 3 is 2.73 bits per heavy atom. The van der Waals surface area contributed by atoms with Crippen LogP contribution in [0.25, 0.3) is 0 Å². The molecule has 2 aliphatic heterocycles. The van der Waals surface area contributed by atoms with Crippen LogP contribution in [-0.4, -0.2) is 30.4 Å². The SMILES string of the molecule is CCCC[C@H]1O[C@@H]2OC3(CCCCC3)O[C@@H]2[C@H]1OCc1oc(F)cc1C. The van der Waals surface area contributed by atoms with Gasteiger partial charge < -0.3 is 23.4 Å². The molecule has 3 heterocycles. The molecule has 0 aromatic carbocycles. The van der Waals surface area contributed by atoms with E-state index in [0.29, 0.717) is 5.76 Å². The van der Waals surface area contributed by atoms with Crippen molar-refractivity contribution in [3.8, 4) is 0 Å². The largest absolute Gasteiger partial charge is 0.433 e. The fraction of sp³-hybridized carbons (Fsp3) is 0.800. The smallest absolute Gasteiger partial charge is 0.278 e. The Morgan fingerprint density at radius 1 is 1.23 bits per heavy atom. The van der Waals surface area contributed by atoms with Gasteiger partial charge in [0.25, 0.3) is 6.01 Å². The summed E-state index contributed by atoms with van der Waals surface area (Å²) in [7, 11) is 0. The first-order chi connectivity index (χ1) is 12.6. The molecule has 0 amide bonds. The van der Waals surface area contributed by atoms with Gasteiger partial charge in [0.1, 0.15) is 24.6 Å². The Bertz CT molecular complexity index is 609. The number of aryl methyl sites for hydroxylation is 1. The number of hydrogen-bond acceptors (Lipinski definition) is 5. The van der Waals surface area contributed by atoms with E-state index in [4.69, 9.17) is 23.4 Å². The number of furan rings is 1. The quantitative estimate of drug-likeness (QED) is 0.734. The zero-order chi connectivity index (χ0) is 18.1. The van der Waals surface area contributed by atoms with Crippen LogP contribution in [0.4, 0.5) is 4.39 Å². The van der Waals surface area contributed by atoms with Crippen LogP contribution < -0.4 is 0 Å². The Kier molecular flexibility index (Phi) is 5.37. The molecule has 0 N–H and O–H groups in total. The molecule has 1 aromatic heterocycles. The van der Waals surface area contributed by atoms with Gasteiger partial charge in [-0.05, 0) is 31.7 Å². The summed E-state index contributed by atoms with van der Waals surface area (Å²) in [4.78, 5) is 0. The number of ether oxygens (including phenoxy) is 4. The lowest BCUT2D eigenvalue weighted by atomic mass is 9.94. The van der Waals surface area contributed by atoms with Gasteiger partial charge in [0.15, 0.2) is 12.1 Å². The van der Waals surface area contributed by atoms with Crippen molar-refractivity contribution in [1.82, 2.24) is 0 Å². The first-order valence-electron chi connectivity index (χ1n) is 9.98. The molecule has 3 aliphatic rings. The monoisotopic (exact) mass is 368 g/mol. The number of hydrogen-bond donors (Lipinski definition) is 0. The lowest BCUT2D eigenvalue weighted by Gasteiger charge is -2.34. The maximum atomic E-state index is 13.3. The minimum Gasteiger partial charge on any atom is -0.433 e. The van der Waals surface area contributed by atoms with Gasteiger partial charge in [-0.3, -0.25) is 0 Å². The average molecular weight is 368 g/mol. The molecule has 2 saturated heterocycles. The molecule has 26 heavy (non-hydrogen) atoms. The van der Waals surface area contributed by atoms with E-state index in [9.17, 15) is 4.39 Å². The molecular weight excluding hydrogens is 339 g/mol. The summed E-state index contributed by atoms with van der Waals surface area (Å²) in [5.41, 5.74) is 0.760. The highest BCUT2D eigenvalue weighted by molar-refractivity contribution is 5.14. The van der Waals surface area contributed by atoms with Gasteiger partial charge >= 0.3 is 0 Å². The van der Waals surface area contributed by atoms with Gasteiger partial charge in [0, 0.05) is 18.9 Å². The maximum absolute atomic E-state index is 13.3. The molecule has 4 rings (SSSR count). The highest BCUT2D eigenvalue weighted by atomic mass is 19.1. The zero-order valence-electron chi connectivity index (χ0n) is 15.7. The predicted octanol–water partition coefficient (Wildman–Crippen LogP) is 4.60. The number of halogens is 1. The van der Waals surface area contributed by atoms with Gasteiger partial charge in [-0.15, -0.1) is 0 Å². The number of fused-ring (bicyclic) bond motifs is 1. The molecule has 4 atom stereocenters. The Balaban J connectivity index is 1.45. The third kappa shape index (κ3) is 3.57. The minimum absolute atomic E-state index is 0.0639. The van der Waals surface area contributed by atoms with Crippen LogP contribution in [0.3, 0.4) is 0 Å². The molecule has 5 nitrogen and oxygen atoms in total. The van der Waals surface area contributed by atoms with E-state index in [1.54, 1.807) is 0 Å². The van der Waals surface area contributed by atoms with Crippen LogP contribution >= 0.6 is 0 Å². The van der Waals surface area contributed by atoms with E-state index in [-0.39, 0.29) is 31.2 Å². The molecule has 6 heteroatoms. The Hall–Kier alpha value is -0.950. The Labute approximate surface area is 154 Å². The van der Waals surface area contributed by atoms with Crippen molar-refractivity contribution >= 4 is 0 Å². The maximum Gasteiger partial charge on any atom is 0.278 e. The Morgan fingerprint density at radius 2 is 2.04 bits per heavy atom. The standard InChI is InChI=1S/C20H29FO5/c1-3-4-8-14-17(22-12-15-13(2)11-16(21)23-15)18-19(24-14)26-20(25-18)9-6-5-7-10-20/h11,14,17-19H,3-10,12H2,1-2H3/t14-,17+,18-,19-/m1/s1. The summed E-state index contributed by atoms with van der Waals surface area (Å²) in [5, 5.41) is 0. The third-order valence-corrected chi connectivity index (χ3v) is 5.80. The average Bonchev–Trinajstić information content (AvgIpc) is 3.22. The fourth-order valence-electron chi connectivity index (χ4n) is 4.36. The van der Waals surface area contributed by atoms with Crippen molar-refractivity contribution in [3.63, 3.8) is 0 Å². The molecule has 0 bridgehead atoms. The van der Waals surface area contributed by atoms with Crippen molar-refractivity contribution in [3.05, 3.63) is 23.4 Å². The lowest BCUT2D eigenvalue weighted by Crippen LogP contribution is -2.40. The van der Waals surface area contributed by atoms with Crippen molar-refractivity contribution in [2.24, 2.45) is 0 Å². The molecule has 1 aromatic rings. The third-order valence-electron chi connectivity index (χ3n) is 5.80. The number of rotatable bonds is 6. The highest BCUT2D eigenvalue weighted by Gasteiger charge is 2.58. The molecule has 1 aliphatic carbocycles. The summed E-state index contributed by atoms with van der Waals surface area (Å²) in [6.45, 7) is 4.19. The number of unbranched alkanes of at least 4 members (excludes halogenated alkanes) is 1. The molecule has 146 valence electrons. The first kappa shape index (κ1) is 18.4. The molecular formula is C20H29FO5. The van der Waals surface area contributed by atoms with Crippen molar-refractivity contribution in [2.45, 2.75) is 102 Å². The normalized spacial score (nSPS) is 33.0. The van der Waals surface area contributed by atoms with Gasteiger partial charge in [0.05, 0.1) is 6.10 Å². The van der Waals surface area contributed by atoms with Crippen LogP contribution in [0.15, 0.2) is 10.5 Å². The van der Waals surface area contributed by atoms with E-state index >= 15 is 0 Å². The second-order valence-corrected chi connectivity index (χ2v) is 7.79. The van der Waals surface area contributed by atoms with E-state index in [2.05, 4.69) is 6.92 Å². The van der Waals surface area contributed by atoms with Crippen LogP contribution in [0.1, 0.15) is 69.6 Å². The van der Waals surface area contributed by atoms with Gasteiger partial charge in [-0.1, -0.05) is 26.2 Å². The summed E-state index contributed by atoms with van der Waals surface area (Å²) < 4.78 is 43.3.